The molecule has 0 bridgehead atoms. The van der Waals surface area contributed by atoms with Gasteiger partial charge in [0, 0.05) is 12.2 Å². The molecule has 0 heterocycles. The van der Waals surface area contributed by atoms with Crippen molar-refractivity contribution in [3.8, 4) is 17.6 Å². The molecule has 116 valence electrons. The molecule has 0 aliphatic rings. The Kier molecular flexibility index (Phi) is 10.2. The number of hydrogen-bond donors (Lipinski definition) is 1. The summed E-state index contributed by atoms with van der Waals surface area (Å²) in [6.07, 6.45) is 2.26. The van der Waals surface area contributed by atoms with E-state index in [0.29, 0.717) is 33.0 Å². The van der Waals surface area contributed by atoms with Crippen LogP contribution in [-0.2, 0) is 9.47 Å². The van der Waals surface area contributed by atoms with Crippen LogP contribution < -0.4 is 10.5 Å². The zero-order valence-electron chi connectivity index (χ0n) is 12.8. The Labute approximate surface area is 127 Å². The minimum Gasteiger partial charge on any atom is -0.491 e. The number of unbranched alkanes of at least 4 members (excludes halogenated alkanes) is 1. The second-order valence-electron chi connectivity index (χ2n) is 4.46. The molecule has 4 heteroatoms. The fourth-order valence-corrected chi connectivity index (χ4v) is 1.57. The van der Waals surface area contributed by atoms with Crippen molar-refractivity contribution in [1.82, 2.24) is 0 Å². The van der Waals surface area contributed by atoms with Gasteiger partial charge < -0.3 is 19.9 Å². The van der Waals surface area contributed by atoms with Gasteiger partial charge in [0.1, 0.15) is 12.4 Å². The zero-order valence-corrected chi connectivity index (χ0v) is 12.8. The molecule has 0 fully saturated rings. The predicted molar refractivity (Wildman–Crippen MR) is 84.4 cm³/mol. The molecule has 1 aromatic carbocycles. The van der Waals surface area contributed by atoms with Gasteiger partial charge in [0.15, 0.2) is 0 Å². The van der Waals surface area contributed by atoms with Gasteiger partial charge in [-0.2, -0.15) is 0 Å². The highest BCUT2D eigenvalue weighted by molar-refractivity contribution is 5.38. The van der Waals surface area contributed by atoms with E-state index in [2.05, 4.69) is 18.8 Å². The number of rotatable bonds is 10. The van der Waals surface area contributed by atoms with Crippen LogP contribution in [0.3, 0.4) is 0 Å². The number of ether oxygens (including phenoxy) is 3. The lowest BCUT2D eigenvalue weighted by Crippen LogP contribution is -2.11. The largest absolute Gasteiger partial charge is 0.491 e. The van der Waals surface area contributed by atoms with E-state index in [0.717, 1.165) is 30.8 Å². The van der Waals surface area contributed by atoms with E-state index in [1.165, 1.54) is 0 Å². The van der Waals surface area contributed by atoms with Crippen molar-refractivity contribution in [2.75, 3.05) is 39.6 Å². The van der Waals surface area contributed by atoms with Gasteiger partial charge in [0.05, 0.1) is 26.4 Å². The molecule has 0 aliphatic carbocycles. The van der Waals surface area contributed by atoms with Crippen LogP contribution in [0.2, 0.25) is 0 Å². The summed E-state index contributed by atoms with van der Waals surface area (Å²) in [5.41, 5.74) is 6.26. The molecule has 0 unspecified atom stereocenters. The van der Waals surface area contributed by atoms with E-state index in [1.54, 1.807) is 0 Å². The Hall–Kier alpha value is -1.54. The second kappa shape index (κ2) is 12.2. The highest BCUT2D eigenvalue weighted by atomic mass is 16.5. The standard InChI is InChI=1S/C17H25NO3/c1-2-3-11-19-12-13-20-14-15-21-17-8-6-16(7-9-17)5-4-10-18/h6-9H,2-3,10-15,18H2,1H3. The lowest BCUT2D eigenvalue weighted by atomic mass is 10.2. The van der Waals surface area contributed by atoms with Crippen molar-refractivity contribution in [2.24, 2.45) is 5.73 Å². The van der Waals surface area contributed by atoms with Crippen molar-refractivity contribution in [3.05, 3.63) is 29.8 Å². The van der Waals surface area contributed by atoms with Crippen molar-refractivity contribution in [1.29, 1.82) is 0 Å². The van der Waals surface area contributed by atoms with Gasteiger partial charge in [0.2, 0.25) is 0 Å². The van der Waals surface area contributed by atoms with Crippen LogP contribution in [-0.4, -0.2) is 39.6 Å². The summed E-state index contributed by atoms with van der Waals surface area (Å²) >= 11 is 0. The Balaban J connectivity index is 2.05. The lowest BCUT2D eigenvalue weighted by molar-refractivity contribution is 0.0356. The molecule has 21 heavy (non-hydrogen) atoms. The van der Waals surface area contributed by atoms with Gasteiger partial charge in [-0.25, -0.2) is 0 Å². The third-order valence-electron chi connectivity index (χ3n) is 2.70. The molecular weight excluding hydrogens is 266 g/mol. The molecule has 1 aromatic rings. The van der Waals surface area contributed by atoms with E-state index in [-0.39, 0.29) is 0 Å². The normalized spacial score (nSPS) is 10.0. The monoisotopic (exact) mass is 291 g/mol. The maximum absolute atomic E-state index is 5.57. The van der Waals surface area contributed by atoms with Crippen LogP contribution in [0.4, 0.5) is 0 Å². The Morgan fingerprint density at radius 2 is 1.62 bits per heavy atom. The van der Waals surface area contributed by atoms with Crippen LogP contribution in [0.1, 0.15) is 25.3 Å². The van der Waals surface area contributed by atoms with E-state index in [4.69, 9.17) is 19.9 Å². The van der Waals surface area contributed by atoms with Gasteiger partial charge in [-0.1, -0.05) is 25.2 Å². The van der Waals surface area contributed by atoms with Gasteiger partial charge >= 0.3 is 0 Å². The van der Waals surface area contributed by atoms with Gasteiger partial charge in [-0.05, 0) is 30.7 Å². The highest BCUT2D eigenvalue weighted by Crippen LogP contribution is 2.11. The van der Waals surface area contributed by atoms with Crippen LogP contribution in [0, 0.1) is 11.8 Å². The van der Waals surface area contributed by atoms with E-state index in [1.807, 2.05) is 24.3 Å². The van der Waals surface area contributed by atoms with Gasteiger partial charge in [-0.15, -0.1) is 0 Å². The van der Waals surface area contributed by atoms with Crippen molar-refractivity contribution >= 4 is 0 Å². The Bertz CT molecular complexity index is 420. The molecule has 0 amide bonds. The number of nitrogens with two attached hydrogens (primary N) is 1. The first kappa shape index (κ1) is 17.5. The first-order valence-corrected chi connectivity index (χ1v) is 7.44. The molecule has 0 atom stereocenters. The summed E-state index contributed by atoms with van der Waals surface area (Å²) in [4.78, 5) is 0. The average Bonchev–Trinajstić information content (AvgIpc) is 2.52. The fourth-order valence-electron chi connectivity index (χ4n) is 1.57. The molecule has 2 N–H and O–H groups in total. The van der Waals surface area contributed by atoms with Crippen LogP contribution in [0.25, 0.3) is 0 Å². The predicted octanol–water partition coefficient (Wildman–Crippen LogP) is 2.21. The molecular formula is C17H25NO3. The third kappa shape index (κ3) is 9.09. The minimum atomic E-state index is 0.373. The summed E-state index contributed by atoms with van der Waals surface area (Å²) in [6, 6.07) is 7.63. The van der Waals surface area contributed by atoms with Gasteiger partial charge in [0.25, 0.3) is 0 Å². The average molecular weight is 291 g/mol. The quantitative estimate of drug-likeness (QED) is 0.530. The van der Waals surface area contributed by atoms with Crippen molar-refractivity contribution in [3.63, 3.8) is 0 Å². The molecule has 0 radical (unpaired) electrons. The molecule has 1 rings (SSSR count). The molecule has 4 nitrogen and oxygen atoms in total. The minimum absolute atomic E-state index is 0.373. The smallest absolute Gasteiger partial charge is 0.119 e. The van der Waals surface area contributed by atoms with Crippen LogP contribution in [0.5, 0.6) is 5.75 Å². The Morgan fingerprint density at radius 1 is 0.952 bits per heavy atom. The maximum Gasteiger partial charge on any atom is 0.119 e. The molecule has 0 aromatic heterocycles. The van der Waals surface area contributed by atoms with E-state index < -0.39 is 0 Å². The second-order valence-corrected chi connectivity index (χ2v) is 4.46. The number of benzene rings is 1. The first-order valence-electron chi connectivity index (χ1n) is 7.44. The third-order valence-corrected chi connectivity index (χ3v) is 2.70. The van der Waals surface area contributed by atoms with Gasteiger partial charge in [-0.3, -0.25) is 0 Å². The highest BCUT2D eigenvalue weighted by Gasteiger charge is 1.95. The summed E-state index contributed by atoms with van der Waals surface area (Å²) in [5.74, 6) is 6.60. The fraction of sp³-hybridized carbons (Fsp3) is 0.529. The number of hydrogen-bond acceptors (Lipinski definition) is 4. The molecule has 0 saturated carbocycles. The van der Waals surface area contributed by atoms with E-state index in [9.17, 15) is 0 Å². The summed E-state index contributed by atoms with van der Waals surface area (Å²) in [6.45, 7) is 5.69. The zero-order chi connectivity index (χ0) is 15.2. The summed E-state index contributed by atoms with van der Waals surface area (Å²) in [5, 5.41) is 0. The first-order chi connectivity index (χ1) is 10.4. The molecule has 0 aliphatic heterocycles. The topological polar surface area (TPSA) is 53.7 Å². The lowest BCUT2D eigenvalue weighted by Gasteiger charge is -2.07. The summed E-state index contributed by atoms with van der Waals surface area (Å²) in [7, 11) is 0. The Morgan fingerprint density at radius 3 is 2.29 bits per heavy atom. The van der Waals surface area contributed by atoms with Crippen molar-refractivity contribution < 1.29 is 14.2 Å². The maximum atomic E-state index is 5.57. The summed E-state index contributed by atoms with van der Waals surface area (Å²) < 4.78 is 16.4. The van der Waals surface area contributed by atoms with E-state index >= 15 is 0 Å². The van der Waals surface area contributed by atoms with Crippen molar-refractivity contribution in [2.45, 2.75) is 19.8 Å². The molecule has 0 saturated heterocycles. The van der Waals surface area contributed by atoms with Crippen LogP contribution in [0.15, 0.2) is 24.3 Å². The van der Waals surface area contributed by atoms with Crippen LogP contribution >= 0.6 is 0 Å². The molecule has 0 spiro atoms. The SMILES string of the molecule is CCCCOCCOCCOc1ccc(C#CCN)cc1.